The van der Waals surface area contributed by atoms with Crippen LogP contribution in [0.2, 0.25) is 0 Å². The molecular formula is C10H11FN2O. The highest BCUT2D eigenvalue weighted by Gasteiger charge is 2.20. The minimum atomic E-state index is -0.263. The predicted molar refractivity (Wildman–Crippen MR) is 50.5 cm³/mol. The minimum Gasteiger partial charge on any atom is -0.243 e. The summed E-state index contributed by atoms with van der Waals surface area (Å²) in [7, 11) is 0. The molecule has 1 aromatic heterocycles. The van der Waals surface area contributed by atoms with Crippen molar-refractivity contribution in [2.75, 3.05) is 0 Å². The third kappa shape index (κ3) is 1.36. The van der Waals surface area contributed by atoms with Crippen LogP contribution >= 0.6 is 0 Å². The van der Waals surface area contributed by atoms with E-state index in [-0.39, 0.29) is 11.2 Å². The van der Waals surface area contributed by atoms with E-state index in [1.165, 1.54) is 6.07 Å². The third-order valence-corrected chi connectivity index (χ3v) is 2.15. The van der Waals surface area contributed by atoms with E-state index in [1.54, 1.807) is 6.07 Å². The number of fused-ring (bicyclic) bond motifs is 1. The van der Waals surface area contributed by atoms with E-state index in [9.17, 15) is 4.39 Å². The molecule has 0 bridgehead atoms. The summed E-state index contributed by atoms with van der Waals surface area (Å²) < 4.78 is 18.1. The molecule has 0 atom stereocenters. The molecule has 14 heavy (non-hydrogen) atoms. The topological polar surface area (TPSA) is 38.9 Å². The zero-order valence-electron chi connectivity index (χ0n) is 8.34. The Morgan fingerprint density at radius 3 is 2.29 bits per heavy atom. The summed E-state index contributed by atoms with van der Waals surface area (Å²) in [5.74, 6) is -0.263. The Morgan fingerprint density at radius 2 is 1.71 bits per heavy atom. The Morgan fingerprint density at radius 1 is 1.14 bits per heavy atom. The van der Waals surface area contributed by atoms with Crippen molar-refractivity contribution in [3.8, 4) is 0 Å². The highest BCUT2D eigenvalue weighted by atomic mass is 19.1. The van der Waals surface area contributed by atoms with Crippen LogP contribution in [-0.2, 0) is 5.41 Å². The zero-order chi connectivity index (χ0) is 10.3. The van der Waals surface area contributed by atoms with Gasteiger partial charge >= 0.3 is 0 Å². The van der Waals surface area contributed by atoms with E-state index < -0.39 is 0 Å². The van der Waals surface area contributed by atoms with Crippen LogP contribution in [0.5, 0.6) is 0 Å². The van der Waals surface area contributed by atoms with Gasteiger partial charge in [0.05, 0.1) is 0 Å². The van der Waals surface area contributed by atoms with Crippen molar-refractivity contribution >= 4 is 11.0 Å². The summed E-state index contributed by atoms with van der Waals surface area (Å²) in [4.78, 5) is 0. The van der Waals surface area contributed by atoms with E-state index >= 15 is 0 Å². The molecule has 3 nitrogen and oxygen atoms in total. The summed E-state index contributed by atoms with van der Waals surface area (Å²) in [6.07, 6.45) is 0. The third-order valence-electron chi connectivity index (χ3n) is 2.15. The van der Waals surface area contributed by atoms with Gasteiger partial charge in [-0.1, -0.05) is 20.8 Å². The van der Waals surface area contributed by atoms with E-state index in [2.05, 4.69) is 14.9 Å². The first-order valence-corrected chi connectivity index (χ1v) is 4.41. The molecule has 0 aliphatic heterocycles. The molecule has 0 fully saturated rings. The molecule has 0 saturated heterocycles. The maximum absolute atomic E-state index is 13.6. The average molecular weight is 194 g/mol. The van der Waals surface area contributed by atoms with Gasteiger partial charge in [0.1, 0.15) is 16.9 Å². The summed E-state index contributed by atoms with van der Waals surface area (Å²) in [5, 5.41) is 7.26. The SMILES string of the molecule is CC(C)(C)c1cc2nonc2cc1F. The Kier molecular flexibility index (Phi) is 1.80. The van der Waals surface area contributed by atoms with Gasteiger partial charge in [-0.3, -0.25) is 0 Å². The lowest BCUT2D eigenvalue weighted by Gasteiger charge is -2.19. The van der Waals surface area contributed by atoms with Crippen molar-refractivity contribution in [3.05, 3.63) is 23.5 Å². The fourth-order valence-corrected chi connectivity index (χ4v) is 1.38. The maximum atomic E-state index is 13.6. The lowest BCUT2D eigenvalue weighted by atomic mass is 9.86. The first kappa shape index (κ1) is 9.12. The fraction of sp³-hybridized carbons (Fsp3) is 0.400. The molecule has 2 rings (SSSR count). The van der Waals surface area contributed by atoms with Gasteiger partial charge in [0.15, 0.2) is 0 Å². The van der Waals surface area contributed by atoms with Crippen LogP contribution in [0, 0.1) is 5.82 Å². The van der Waals surface area contributed by atoms with Crippen LogP contribution in [0.1, 0.15) is 26.3 Å². The van der Waals surface area contributed by atoms with Crippen molar-refractivity contribution in [1.29, 1.82) is 0 Å². The standard InChI is InChI=1S/C10H11FN2O/c1-10(2,3)6-4-8-9(5-7(6)11)13-14-12-8/h4-5H,1-3H3. The summed E-state index contributed by atoms with van der Waals surface area (Å²) in [6.45, 7) is 5.85. The number of hydrogen-bond donors (Lipinski definition) is 0. The van der Waals surface area contributed by atoms with Crippen molar-refractivity contribution in [2.24, 2.45) is 0 Å². The number of benzene rings is 1. The second-order valence-electron chi connectivity index (χ2n) is 4.33. The van der Waals surface area contributed by atoms with Gasteiger partial charge in [-0.15, -0.1) is 0 Å². The average Bonchev–Trinajstić information content (AvgIpc) is 2.47. The number of aromatic nitrogens is 2. The van der Waals surface area contributed by atoms with Gasteiger partial charge in [0.2, 0.25) is 0 Å². The van der Waals surface area contributed by atoms with Gasteiger partial charge in [-0.05, 0) is 27.4 Å². The van der Waals surface area contributed by atoms with Crippen LogP contribution < -0.4 is 0 Å². The van der Waals surface area contributed by atoms with Crippen LogP contribution in [-0.4, -0.2) is 10.3 Å². The molecule has 0 aliphatic rings. The zero-order valence-corrected chi connectivity index (χ0v) is 8.34. The fourth-order valence-electron chi connectivity index (χ4n) is 1.38. The quantitative estimate of drug-likeness (QED) is 0.647. The molecule has 4 heteroatoms. The smallest absolute Gasteiger partial charge is 0.138 e. The van der Waals surface area contributed by atoms with E-state index in [4.69, 9.17) is 0 Å². The molecule has 74 valence electrons. The molecule has 0 radical (unpaired) electrons. The Hall–Kier alpha value is -1.45. The molecule has 0 saturated carbocycles. The number of rotatable bonds is 0. The molecule has 0 aliphatic carbocycles. The molecule has 0 amide bonds. The van der Waals surface area contributed by atoms with Crippen molar-refractivity contribution in [2.45, 2.75) is 26.2 Å². The second-order valence-corrected chi connectivity index (χ2v) is 4.33. The van der Waals surface area contributed by atoms with Crippen LogP contribution in [0.4, 0.5) is 4.39 Å². The Bertz CT molecular complexity index is 470. The largest absolute Gasteiger partial charge is 0.243 e. The lowest BCUT2D eigenvalue weighted by Crippen LogP contribution is -2.13. The highest BCUT2D eigenvalue weighted by molar-refractivity contribution is 5.74. The number of nitrogens with zero attached hydrogens (tertiary/aromatic N) is 2. The lowest BCUT2D eigenvalue weighted by molar-refractivity contribution is 0.315. The van der Waals surface area contributed by atoms with E-state index in [1.807, 2.05) is 20.8 Å². The minimum absolute atomic E-state index is 0.239. The van der Waals surface area contributed by atoms with Gasteiger partial charge in [0.25, 0.3) is 0 Å². The molecule has 2 aromatic rings. The van der Waals surface area contributed by atoms with E-state index in [0.717, 1.165) is 0 Å². The first-order chi connectivity index (χ1) is 6.48. The molecular weight excluding hydrogens is 183 g/mol. The molecule has 0 spiro atoms. The molecule has 1 aromatic carbocycles. The van der Waals surface area contributed by atoms with Crippen LogP contribution in [0.15, 0.2) is 16.8 Å². The number of halogens is 1. The van der Waals surface area contributed by atoms with Gasteiger partial charge in [0, 0.05) is 6.07 Å². The summed E-state index contributed by atoms with van der Waals surface area (Å²) in [5.41, 5.74) is 1.43. The normalized spacial score (nSPS) is 12.3. The van der Waals surface area contributed by atoms with Crippen molar-refractivity contribution in [3.63, 3.8) is 0 Å². The van der Waals surface area contributed by atoms with Gasteiger partial charge in [-0.2, -0.15) is 0 Å². The molecule has 0 N–H and O–H groups in total. The Labute approximate surface area is 80.9 Å². The Balaban J connectivity index is 2.71. The monoisotopic (exact) mass is 194 g/mol. The van der Waals surface area contributed by atoms with Crippen molar-refractivity contribution < 1.29 is 9.02 Å². The van der Waals surface area contributed by atoms with Gasteiger partial charge in [-0.25, -0.2) is 9.02 Å². The summed E-state index contributed by atoms with van der Waals surface area (Å²) >= 11 is 0. The van der Waals surface area contributed by atoms with Crippen LogP contribution in [0.25, 0.3) is 11.0 Å². The van der Waals surface area contributed by atoms with Crippen LogP contribution in [0.3, 0.4) is 0 Å². The second kappa shape index (κ2) is 2.77. The molecule has 0 unspecified atom stereocenters. The number of hydrogen-bond acceptors (Lipinski definition) is 3. The predicted octanol–water partition coefficient (Wildman–Crippen LogP) is 2.66. The van der Waals surface area contributed by atoms with Gasteiger partial charge < -0.3 is 0 Å². The van der Waals surface area contributed by atoms with E-state index in [0.29, 0.717) is 16.6 Å². The highest BCUT2D eigenvalue weighted by Crippen LogP contribution is 2.27. The maximum Gasteiger partial charge on any atom is 0.138 e. The molecule has 1 heterocycles. The first-order valence-electron chi connectivity index (χ1n) is 4.41. The van der Waals surface area contributed by atoms with Crippen molar-refractivity contribution in [1.82, 2.24) is 10.3 Å². The summed E-state index contributed by atoms with van der Waals surface area (Å²) in [6, 6.07) is 3.04.